The van der Waals surface area contributed by atoms with E-state index < -0.39 is 62.3 Å². The van der Waals surface area contributed by atoms with Crippen molar-refractivity contribution in [2.24, 2.45) is 0 Å². The maximum Gasteiger partial charge on any atom is 0.371 e. The Kier molecular flexibility index (Phi) is 8.48. The summed E-state index contributed by atoms with van der Waals surface area (Å²) >= 11 is 0. The first-order valence-corrected chi connectivity index (χ1v) is 16.6. The molecule has 0 bridgehead atoms. The summed E-state index contributed by atoms with van der Waals surface area (Å²) in [6.45, 7) is 8.30. The molecule has 2 aromatic carbocycles. The largest absolute Gasteiger partial charge is 0.443 e. The molecule has 1 fully saturated rings. The van der Waals surface area contributed by atoms with Crippen molar-refractivity contribution < 1.29 is 33.0 Å². The predicted molar refractivity (Wildman–Crippen MR) is 155 cm³/mol. The number of rotatable bonds is 8. The molecule has 3 N–H and O–H groups in total. The van der Waals surface area contributed by atoms with Gasteiger partial charge in [0.15, 0.2) is 0 Å². The number of nitrogens with one attached hydrogen (secondary N) is 1. The Hall–Kier alpha value is -3.12. The third-order valence-corrected chi connectivity index (χ3v) is 14.0. The Labute approximate surface area is 238 Å². The Morgan fingerprint density at radius 2 is 1.63 bits per heavy atom. The highest BCUT2D eigenvalue weighted by atomic mass is 31.2. The van der Waals surface area contributed by atoms with E-state index in [0.717, 1.165) is 21.9 Å². The van der Waals surface area contributed by atoms with Crippen molar-refractivity contribution in [2.75, 3.05) is 6.61 Å². The van der Waals surface area contributed by atoms with Crippen LogP contribution in [0.3, 0.4) is 0 Å². The quantitative estimate of drug-likeness (QED) is 0.200. The maximum absolute atomic E-state index is 13.1. The number of nitrogens with zero attached hydrogens (tertiary/aromatic N) is 1. The number of esters is 1. The minimum Gasteiger partial charge on any atom is -0.443 e. The van der Waals surface area contributed by atoms with E-state index in [4.69, 9.17) is 13.9 Å². The molecule has 1 aliphatic rings. The number of H-pyrrole nitrogens is 1. The van der Waals surface area contributed by atoms with Gasteiger partial charge >= 0.3 is 19.3 Å². The van der Waals surface area contributed by atoms with Gasteiger partial charge in [-0.1, -0.05) is 81.4 Å². The van der Waals surface area contributed by atoms with Gasteiger partial charge in [-0.05, 0) is 22.3 Å². The van der Waals surface area contributed by atoms with Crippen LogP contribution < -0.4 is 21.6 Å². The van der Waals surface area contributed by atoms with Gasteiger partial charge in [-0.15, -0.1) is 0 Å². The van der Waals surface area contributed by atoms with Crippen molar-refractivity contribution in [3.05, 3.63) is 93.3 Å². The fourth-order valence-corrected chi connectivity index (χ4v) is 11.3. The van der Waals surface area contributed by atoms with Crippen LogP contribution >= 0.6 is 7.60 Å². The molecule has 0 saturated carbocycles. The zero-order valence-electron chi connectivity index (χ0n) is 23.6. The summed E-state index contributed by atoms with van der Waals surface area (Å²) in [6.07, 6.45) is -2.03. The highest BCUT2D eigenvalue weighted by Gasteiger charge is 2.64. The number of hydrogen-bond donors (Lipinski definition) is 3. The zero-order valence-corrected chi connectivity index (χ0v) is 25.5. The van der Waals surface area contributed by atoms with Gasteiger partial charge in [0.1, 0.15) is 12.3 Å². The summed E-state index contributed by atoms with van der Waals surface area (Å²) in [5, 5.41) is -1.06. The molecule has 1 saturated heterocycles. The number of carbonyl (C=O) groups is 1. The zero-order chi connectivity index (χ0) is 30.2. The van der Waals surface area contributed by atoms with Gasteiger partial charge < -0.3 is 23.7 Å². The van der Waals surface area contributed by atoms with Gasteiger partial charge in [0.2, 0.25) is 5.34 Å². The van der Waals surface area contributed by atoms with Crippen molar-refractivity contribution in [1.29, 1.82) is 0 Å². The lowest BCUT2D eigenvalue weighted by atomic mass is 10.1. The minimum atomic E-state index is -5.24. The van der Waals surface area contributed by atoms with Crippen molar-refractivity contribution in [1.82, 2.24) is 9.55 Å². The molecule has 0 unspecified atom stereocenters. The highest BCUT2D eigenvalue weighted by Crippen LogP contribution is 2.61. The van der Waals surface area contributed by atoms with E-state index in [0.29, 0.717) is 0 Å². The second-order valence-corrected chi connectivity index (χ2v) is 17.4. The molecule has 1 aliphatic heterocycles. The van der Waals surface area contributed by atoms with Crippen LogP contribution in [-0.4, -0.2) is 51.7 Å². The number of benzene rings is 2. The summed E-state index contributed by atoms with van der Waals surface area (Å²) in [5.41, 5.74) is -1.24. The Bertz CT molecular complexity index is 1520. The molecular weight excluding hydrogens is 567 g/mol. The van der Waals surface area contributed by atoms with Crippen molar-refractivity contribution in [3.8, 4) is 0 Å². The first kappa shape index (κ1) is 30.8. The maximum atomic E-state index is 13.1. The van der Waals surface area contributed by atoms with E-state index in [2.05, 4.69) is 4.98 Å². The molecule has 3 aromatic rings. The normalized spacial score (nSPS) is 21.5. The lowest BCUT2D eigenvalue weighted by molar-refractivity contribution is -0.156. The average molecular weight is 603 g/mol. The number of aromatic amines is 1. The molecule has 3 atom stereocenters. The second-order valence-electron chi connectivity index (χ2n) is 11.2. The van der Waals surface area contributed by atoms with Gasteiger partial charge in [0, 0.05) is 25.1 Å². The smallest absolute Gasteiger partial charge is 0.371 e. The van der Waals surface area contributed by atoms with E-state index in [1.54, 1.807) is 0 Å². The summed E-state index contributed by atoms with van der Waals surface area (Å²) in [5.74, 6) is -0.932. The van der Waals surface area contributed by atoms with Crippen LogP contribution in [0.2, 0.25) is 5.04 Å². The molecule has 11 nitrogen and oxygen atoms in total. The second kappa shape index (κ2) is 11.3. The standard InChI is InChI=1S/C28H35N2O9PSi/c1-19-17-30(26(33)29-25(19)32)24-16-28(39-20(2)31,40(34,35)36)23(38-24)18-37-41(27(3,4)5,21-12-8-6-9-13-21)22-14-10-7-11-15-22/h6-15,17,23-24H,16,18H2,1-5H3,(H,29,32,33)(H2,34,35,36)/t23-,24-,28+/m1/s1. The number of aryl methyl sites for hydroxylation is 1. The molecule has 220 valence electrons. The predicted octanol–water partition coefficient (Wildman–Crippen LogP) is 2.15. The van der Waals surface area contributed by atoms with Gasteiger partial charge in [0.25, 0.3) is 13.9 Å². The fraction of sp³-hybridized carbons (Fsp3) is 0.393. The summed E-state index contributed by atoms with van der Waals surface area (Å²) in [7, 11) is -8.43. The summed E-state index contributed by atoms with van der Waals surface area (Å²) in [4.78, 5) is 60.3. The van der Waals surface area contributed by atoms with Gasteiger partial charge in [-0.2, -0.15) is 0 Å². The lowest BCUT2D eigenvalue weighted by Gasteiger charge is -2.44. The molecule has 0 spiro atoms. The monoisotopic (exact) mass is 602 g/mol. The summed E-state index contributed by atoms with van der Waals surface area (Å²) in [6, 6.07) is 19.3. The Morgan fingerprint density at radius 1 is 1.10 bits per heavy atom. The van der Waals surface area contributed by atoms with Gasteiger partial charge in [-0.25, -0.2) is 4.79 Å². The SMILES string of the molecule is CC(=O)O[C@]1(P(=O)(O)O)C[C@H](n2cc(C)c(=O)[nH]c2=O)O[C@@H]1CO[Si](c1ccccc1)(c1ccccc1)C(C)(C)C. The van der Waals surface area contributed by atoms with E-state index in [1.165, 1.54) is 13.1 Å². The van der Waals surface area contributed by atoms with Gasteiger partial charge in [-0.3, -0.25) is 23.7 Å². The summed E-state index contributed by atoms with van der Waals surface area (Å²) < 4.78 is 32.5. The number of ether oxygens (including phenoxy) is 2. The minimum absolute atomic E-state index is 0.189. The highest BCUT2D eigenvalue weighted by molar-refractivity contribution is 7.53. The molecular formula is C28H35N2O9PSi. The van der Waals surface area contributed by atoms with E-state index in [-0.39, 0.29) is 12.2 Å². The van der Waals surface area contributed by atoms with Crippen LogP contribution in [0.15, 0.2) is 76.4 Å². The van der Waals surface area contributed by atoms with Gasteiger partial charge in [0.05, 0.1) is 6.61 Å². The van der Waals surface area contributed by atoms with E-state index >= 15 is 0 Å². The van der Waals surface area contributed by atoms with Crippen LogP contribution in [0.4, 0.5) is 0 Å². The van der Waals surface area contributed by atoms with E-state index in [9.17, 15) is 28.7 Å². The van der Waals surface area contributed by atoms with Crippen molar-refractivity contribution in [3.63, 3.8) is 0 Å². The fourth-order valence-electron chi connectivity index (χ4n) is 5.54. The lowest BCUT2D eigenvalue weighted by Crippen LogP contribution is -2.67. The van der Waals surface area contributed by atoms with Crippen LogP contribution in [0, 0.1) is 6.92 Å². The molecule has 13 heteroatoms. The topological polar surface area (TPSA) is 157 Å². The van der Waals surface area contributed by atoms with Crippen LogP contribution in [0.25, 0.3) is 0 Å². The van der Waals surface area contributed by atoms with Crippen LogP contribution in [0.5, 0.6) is 0 Å². The number of carbonyl (C=O) groups excluding carboxylic acids is 1. The average Bonchev–Trinajstić information content (AvgIpc) is 3.25. The Morgan fingerprint density at radius 3 is 2.10 bits per heavy atom. The molecule has 41 heavy (non-hydrogen) atoms. The molecule has 0 amide bonds. The molecule has 0 aliphatic carbocycles. The third kappa shape index (κ3) is 5.68. The molecule has 2 heterocycles. The van der Waals surface area contributed by atoms with Crippen molar-refractivity contribution >= 4 is 32.3 Å². The first-order chi connectivity index (χ1) is 19.1. The van der Waals surface area contributed by atoms with Crippen molar-refractivity contribution in [2.45, 2.75) is 63.8 Å². The Balaban J connectivity index is 1.86. The van der Waals surface area contributed by atoms with Crippen LogP contribution in [-0.2, 0) is 23.3 Å². The molecule has 0 radical (unpaired) electrons. The van der Waals surface area contributed by atoms with E-state index in [1.807, 2.05) is 81.4 Å². The number of aromatic nitrogens is 2. The first-order valence-electron chi connectivity index (χ1n) is 13.1. The molecule has 1 aromatic heterocycles. The third-order valence-electron chi connectivity index (χ3n) is 7.43. The molecule has 4 rings (SSSR count). The number of hydrogen-bond acceptors (Lipinski definition) is 7. The van der Waals surface area contributed by atoms with Crippen LogP contribution in [0.1, 0.15) is 45.9 Å².